The van der Waals surface area contributed by atoms with Crippen molar-refractivity contribution in [1.82, 2.24) is 0 Å². The number of rotatable bonds is 8. The highest BCUT2D eigenvalue weighted by molar-refractivity contribution is 5.48. The highest BCUT2D eigenvalue weighted by Gasteiger charge is 2.09. The molecule has 0 aromatic heterocycles. The minimum atomic E-state index is 0.621. The summed E-state index contributed by atoms with van der Waals surface area (Å²) in [6.45, 7) is 12.1. The lowest BCUT2D eigenvalue weighted by Gasteiger charge is -2.27. The summed E-state index contributed by atoms with van der Waals surface area (Å²) in [6.07, 6.45) is 2.48. The maximum atomic E-state index is 5.74. The van der Waals surface area contributed by atoms with E-state index in [0.717, 1.165) is 24.9 Å². The molecule has 0 aliphatic rings. The third-order valence-corrected chi connectivity index (χ3v) is 3.46. The lowest BCUT2D eigenvalue weighted by Crippen LogP contribution is -2.27. The Bertz CT molecular complexity index is 346. The van der Waals surface area contributed by atoms with Crippen LogP contribution in [0.1, 0.15) is 46.1 Å². The van der Waals surface area contributed by atoms with Crippen molar-refractivity contribution >= 4 is 5.69 Å². The van der Waals surface area contributed by atoms with Crippen molar-refractivity contribution in [2.45, 2.75) is 47.1 Å². The van der Waals surface area contributed by atoms with Gasteiger partial charge in [-0.25, -0.2) is 0 Å². The highest BCUT2D eigenvalue weighted by Crippen LogP contribution is 2.19. The molecule has 19 heavy (non-hydrogen) atoms. The molecule has 0 heterocycles. The third-order valence-electron chi connectivity index (χ3n) is 3.46. The number of hydrogen-bond donors (Lipinski definition) is 1. The first-order valence-corrected chi connectivity index (χ1v) is 7.57. The fourth-order valence-corrected chi connectivity index (χ4v) is 2.08. The Hall–Kier alpha value is -1.02. The standard InChI is InChI=1S/C17H30N2/c1-14(2)8-10-19(11-9-15(3)4)17-7-5-6-16(12-17)13-18/h5-7,12,14-15H,8-11,13,18H2,1-4H3. The number of hydrogen-bond acceptors (Lipinski definition) is 2. The van der Waals surface area contributed by atoms with E-state index < -0.39 is 0 Å². The van der Waals surface area contributed by atoms with Crippen LogP contribution in [0.2, 0.25) is 0 Å². The average molecular weight is 262 g/mol. The molecule has 0 saturated heterocycles. The van der Waals surface area contributed by atoms with E-state index in [2.05, 4.69) is 56.9 Å². The van der Waals surface area contributed by atoms with Crippen LogP contribution in [0.3, 0.4) is 0 Å². The molecule has 108 valence electrons. The molecule has 1 aromatic rings. The summed E-state index contributed by atoms with van der Waals surface area (Å²) < 4.78 is 0. The molecule has 1 aromatic carbocycles. The molecular weight excluding hydrogens is 232 g/mol. The highest BCUT2D eigenvalue weighted by atomic mass is 15.1. The predicted octanol–water partition coefficient (Wildman–Crippen LogP) is 4.04. The normalized spacial score (nSPS) is 11.3. The summed E-state index contributed by atoms with van der Waals surface area (Å²) in [4.78, 5) is 2.51. The van der Waals surface area contributed by atoms with Crippen molar-refractivity contribution in [2.75, 3.05) is 18.0 Å². The van der Waals surface area contributed by atoms with E-state index in [4.69, 9.17) is 5.73 Å². The number of benzene rings is 1. The molecule has 2 nitrogen and oxygen atoms in total. The Morgan fingerprint density at radius 1 is 1.00 bits per heavy atom. The molecule has 0 radical (unpaired) electrons. The molecule has 0 aliphatic carbocycles. The summed E-state index contributed by atoms with van der Waals surface area (Å²) in [7, 11) is 0. The van der Waals surface area contributed by atoms with Gasteiger partial charge in [-0.15, -0.1) is 0 Å². The molecule has 0 amide bonds. The molecule has 0 bridgehead atoms. The SMILES string of the molecule is CC(C)CCN(CCC(C)C)c1cccc(CN)c1. The zero-order valence-corrected chi connectivity index (χ0v) is 13.0. The van der Waals surface area contributed by atoms with Crippen LogP contribution in [0.25, 0.3) is 0 Å². The first-order chi connectivity index (χ1) is 9.02. The van der Waals surface area contributed by atoms with Crippen molar-refractivity contribution in [3.63, 3.8) is 0 Å². The molecular formula is C17H30N2. The van der Waals surface area contributed by atoms with Crippen LogP contribution in [0, 0.1) is 11.8 Å². The molecule has 0 spiro atoms. The van der Waals surface area contributed by atoms with E-state index in [9.17, 15) is 0 Å². The second-order valence-corrected chi connectivity index (χ2v) is 6.23. The molecule has 0 saturated carbocycles. The van der Waals surface area contributed by atoms with E-state index in [1.54, 1.807) is 0 Å². The van der Waals surface area contributed by atoms with Crippen molar-refractivity contribution in [3.05, 3.63) is 29.8 Å². The van der Waals surface area contributed by atoms with E-state index in [1.165, 1.54) is 24.1 Å². The summed E-state index contributed by atoms with van der Waals surface area (Å²) >= 11 is 0. The molecule has 2 heteroatoms. The maximum absolute atomic E-state index is 5.74. The topological polar surface area (TPSA) is 29.3 Å². The Morgan fingerprint density at radius 3 is 2.05 bits per heavy atom. The van der Waals surface area contributed by atoms with Gasteiger partial charge in [-0.3, -0.25) is 0 Å². The van der Waals surface area contributed by atoms with Gasteiger partial charge in [-0.2, -0.15) is 0 Å². The summed E-state index contributed by atoms with van der Waals surface area (Å²) in [5.41, 5.74) is 8.29. The first-order valence-electron chi connectivity index (χ1n) is 7.57. The van der Waals surface area contributed by atoms with Crippen LogP contribution < -0.4 is 10.6 Å². The zero-order chi connectivity index (χ0) is 14.3. The van der Waals surface area contributed by atoms with Gasteiger partial charge in [0, 0.05) is 25.3 Å². The second-order valence-electron chi connectivity index (χ2n) is 6.23. The smallest absolute Gasteiger partial charge is 0.0369 e. The van der Waals surface area contributed by atoms with E-state index in [1.807, 2.05) is 0 Å². The summed E-state index contributed by atoms with van der Waals surface area (Å²) in [5, 5.41) is 0. The van der Waals surface area contributed by atoms with Crippen LogP contribution >= 0.6 is 0 Å². The van der Waals surface area contributed by atoms with Crippen molar-refractivity contribution in [3.8, 4) is 0 Å². The summed E-state index contributed by atoms with van der Waals surface area (Å²) in [5.74, 6) is 1.50. The monoisotopic (exact) mass is 262 g/mol. The Balaban J connectivity index is 2.74. The van der Waals surface area contributed by atoms with E-state index >= 15 is 0 Å². The van der Waals surface area contributed by atoms with Crippen molar-refractivity contribution in [1.29, 1.82) is 0 Å². The maximum Gasteiger partial charge on any atom is 0.0369 e. The molecule has 0 atom stereocenters. The predicted molar refractivity (Wildman–Crippen MR) is 85.5 cm³/mol. The van der Waals surface area contributed by atoms with Crippen LogP contribution in [-0.2, 0) is 6.54 Å². The van der Waals surface area contributed by atoms with E-state index in [-0.39, 0.29) is 0 Å². The van der Waals surface area contributed by atoms with Crippen LogP contribution in [0.4, 0.5) is 5.69 Å². The summed E-state index contributed by atoms with van der Waals surface area (Å²) in [6, 6.07) is 8.67. The Kier molecular flexibility index (Phi) is 6.93. The Labute approximate surface area is 119 Å². The van der Waals surface area contributed by atoms with Crippen molar-refractivity contribution in [2.24, 2.45) is 17.6 Å². The number of anilines is 1. The van der Waals surface area contributed by atoms with E-state index in [0.29, 0.717) is 6.54 Å². The number of nitrogens with two attached hydrogens (primary N) is 1. The van der Waals surface area contributed by atoms with Gasteiger partial charge in [-0.05, 0) is 42.4 Å². The van der Waals surface area contributed by atoms with Gasteiger partial charge in [0.15, 0.2) is 0 Å². The van der Waals surface area contributed by atoms with Crippen LogP contribution in [0.15, 0.2) is 24.3 Å². The van der Waals surface area contributed by atoms with Crippen LogP contribution in [0.5, 0.6) is 0 Å². The minimum Gasteiger partial charge on any atom is -0.372 e. The molecule has 2 N–H and O–H groups in total. The average Bonchev–Trinajstić information content (AvgIpc) is 2.38. The quantitative estimate of drug-likeness (QED) is 0.766. The van der Waals surface area contributed by atoms with Crippen LogP contribution in [-0.4, -0.2) is 13.1 Å². The lowest BCUT2D eigenvalue weighted by molar-refractivity contribution is 0.535. The minimum absolute atomic E-state index is 0.621. The molecule has 0 fully saturated rings. The number of nitrogens with zero attached hydrogens (tertiary/aromatic N) is 1. The largest absolute Gasteiger partial charge is 0.372 e. The van der Waals surface area contributed by atoms with Gasteiger partial charge in [0.25, 0.3) is 0 Å². The van der Waals surface area contributed by atoms with Crippen molar-refractivity contribution < 1.29 is 0 Å². The van der Waals surface area contributed by atoms with Gasteiger partial charge < -0.3 is 10.6 Å². The fourth-order valence-electron chi connectivity index (χ4n) is 2.08. The van der Waals surface area contributed by atoms with Gasteiger partial charge in [-0.1, -0.05) is 39.8 Å². The zero-order valence-electron chi connectivity index (χ0n) is 13.0. The molecule has 0 aliphatic heterocycles. The van der Waals surface area contributed by atoms with Gasteiger partial charge in [0.2, 0.25) is 0 Å². The second kappa shape index (κ2) is 8.21. The lowest BCUT2D eigenvalue weighted by atomic mass is 10.1. The fraction of sp³-hybridized carbons (Fsp3) is 0.647. The van der Waals surface area contributed by atoms with Gasteiger partial charge in [0.05, 0.1) is 0 Å². The van der Waals surface area contributed by atoms with Gasteiger partial charge in [0.1, 0.15) is 0 Å². The van der Waals surface area contributed by atoms with Gasteiger partial charge >= 0.3 is 0 Å². The first kappa shape index (κ1) is 16.0. The third kappa shape index (κ3) is 6.11. The molecule has 1 rings (SSSR count). The molecule has 0 unspecified atom stereocenters. The Morgan fingerprint density at radius 2 is 1.58 bits per heavy atom.